The smallest absolute Gasteiger partial charge is 0.111 e. The second-order valence-electron chi connectivity index (χ2n) is 2.41. The van der Waals surface area contributed by atoms with E-state index in [1.54, 1.807) is 0 Å². The van der Waals surface area contributed by atoms with Gasteiger partial charge in [0.1, 0.15) is 6.67 Å². The summed E-state index contributed by atoms with van der Waals surface area (Å²) in [4.78, 5) is 0. The average molecular weight is 138 g/mol. The molecule has 0 bridgehead atoms. The van der Waals surface area contributed by atoms with Crippen LogP contribution in [-0.2, 0) is 0 Å². The van der Waals surface area contributed by atoms with Gasteiger partial charge in [-0.1, -0.05) is 24.3 Å². The standard InChI is InChI=1S/C9H11F/c1-8-5-3-2-4-6-9(8)7-10/h2-5H,6-7H2,1H3. The Morgan fingerprint density at radius 2 is 2.30 bits per heavy atom. The Kier molecular flexibility index (Phi) is 2.43. The zero-order valence-electron chi connectivity index (χ0n) is 6.10. The first kappa shape index (κ1) is 7.26. The van der Waals surface area contributed by atoms with Crippen molar-refractivity contribution >= 4 is 0 Å². The van der Waals surface area contributed by atoms with Crippen molar-refractivity contribution in [2.24, 2.45) is 0 Å². The highest BCUT2D eigenvalue weighted by atomic mass is 19.1. The highest BCUT2D eigenvalue weighted by Crippen LogP contribution is 2.14. The van der Waals surface area contributed by atoms with Crippen LogP contribution in [0.5, 0.6) is 0 Å². The molecule has 0 amide bonds. The van der Waals surface area contributed by atoms with Crippen LogP contribution in [0, 0.1) is 0 Å². The van der Waals surface area contributed by atoms with Gasteiger partial charge < -0.3 is 0 Å². The fraction of sp³-hybridized carbons (Fsp3) is 0.333. The molecule has 10 heavy (non-hydrogen) atoms. The lowest BCUT2D eigenvalue weighted by Crippen LogP contribution is -1.86. The van der Waals surface area contributed by atoms with Gasteiger partial charge >= 0.3 is 0 Å². The molecule has 0 radical (unpaired) electrons. The first-order chi connectivity index (χ1) is 4.84. The predicted molar refractivity (Wildman–Crippen MR) is 41.6 cm³/mol. The van der Waals surface area contributed by atoms with Crippen molar-refractivity contribution in [3.05, 3.63) is 35.5 Å². The lowest BCUT2D eigenvalue weighted by Gasteiger charge is -1.99. The van der Waals surface area contributed by atoms with Gasteiger partial charge in [-0.25, -0.2) is 4.39 Å². The Morgan fingerprint density at radius 3 is 3.00 bits per heavy atom. The number of allylic oxidation sites excluding steroid dienone is 6. The molecule has 1 aliphatic rings. The molecule has 0 nitrogen and oxygen atoms in total. The minimum absolute atomic E-state index is 0.319. The highest BCUT2D eigenvalue weighted by molar-refractivity contribution is 5.31. The minimum Gasteiger partial charge on any atom is -0.246 e. The van der Waals surface area contributed by atoms with Gasteiger partial charge in [0.05, 0.1) is 0 Å². The van der Waals surface area contributed by atoms with Gasteiger partial charge in [0, 0.05) is 0 Å². The van der Waals surface area contributed by atoms with Gasteiger partial charge in [-0.2, -0.15) is 0 Å². The maximum Gasteiger partial charge on any atom is 0.111 e. The molecular weight excluding hydrogens is 127 g/mol. The SMILES string of the molecule is CC1=C(CF)CC=CC=C1. The molecule has 0 saturated carbocycles. The van der Waals surface area contributed by atoms with E-state index in [9.17, 15) is 4.39 Å². The van der Waals surface area contributed by atoms with E-state index >= 15 is 0 Å². The molecule has 1 rings (SSSR count). The van der Waals surface area contributed by atoms with Crippen LogP contribution in [-0.4, -0.2) is 6.67 Å². The third-order valence-corrected chi connectivity index (χ3v) is 1.68. The summed E-state index contributed by atoms with van der Waals surface area (Å²) in [7, 11) is 0. The Labute approximate surface area is 60.7 Å². The van der Waals surface area contributed by atoms with Crippen molar-refractivity contribution in [3.63, 3.8) is 0 Å². The van der Waals surface area contributed by atoms with Gasteiger partial charge in [-0.3, -0.25) is 0 Å². The first-order valence-electron chi connectivity index (χ1n) is 3.42. The molecule has 0 aromatic heterocycles. The number of alkyl halides is 1. The zero-order chi connectivity index (χ0) is 7.40. The summed E-state index contributed by atoms with van der Waals surface area (Å²) in [6, 6.07) is 0. The summed E-state index contributed by atoms with van der Waals surface area (Å²) in [6.45, 7) is 1.62. The Balaban J connectivity index is 2.82. The molecule has 0 heterocycles. The van der Waals surface area contributed by atoms with Crippen LogP contribution in [0.4, 0.5) is 4.39 Å². The predicted octanol–water partition coefficient (Wildman–Crippen LogP) is 2.79. The monoisotopic (exact) mass is 138 g/mol. The van der Waals surface area contributed by atoms with Crippen LogP contribution >= 0.6 is 0 Å². The molecule has 1 heteroatoms. The number of halogens is 1. The largest absolute Gasteiger partial charge is 0.246 e. The molecule has 0 atom stereocenters. The molecule has 0 aromatic carbocycles. The Bertz CT molecular complexity index is 197. The Morgan fingerprint density at radius 1 is 1.50 bits per heavy atom. The zero-order valence-corrected chi connectivity index (χ0v) is 6.10. The molecule has 0 N–H and O–H groups in total. The van der Waals surface area contributed by atoms with Gasteiger partial charge in [-0.05, 0) is 24.5 Å². The van der Waals surface area contributed by atoms with E-state index in [0.717, 1.165) is 17.6 Å². The van der Waals surface area contributed by atoms with Crippen molar-refractivity contribution in [2.75, 3.05) is 6.67 Å². The molecule has 1 aliphatic carbocycles. The van der Waals surface area contributed by atoms with E-state index in [2.05, 4.69) is 0 Å². The van der Waals surface area contributed by atoms with Crippen molar-refractivity contribution in [3.8, 4) is 0 Å². The van der Waals surface area contributed by atoms with Crippen molar-refractivity contribution < 1.29 is 4.39 Å². The maximum atomic E-state index is 12.2. The van der Waals surface area contributed by atoms with Crippen molar-refractivity contribution in [2.45, 2.75) is 13.3 Å². The number of hydrogen-bond acceptors (Lipinski definition) is 0. The van der Waals surface area contributed by atoms with Gasteiger partial charge in [0.2, 0.25) is 0 Å². The second kappa shape index (κ2) is 3.35. The van der Waals surface area contributed by atoms with Crippen LogP contribution < -0.4 is 0 Å². The van der Waals surface area contributed by atoms with E-state index in [4.69, 9.17) is 0 Å². The molecule has 0 saturated heterocycles. The molecule has 0 aromatic rings. The van der Waals surface area contributed by atoms with E-state index < -0.39 is 0 Å². The lowest BCUT2D eigenvalue weighted by molar-refractivity contribution is 0.536. The fourth-order valence-electron chi connectivity index (χ4n) is 0.928. The van der Waals surface area contributed by atoms with Crippen LogP contribution in [0.3, 0.4) is 0 Å². The third kappa shape index (κ3) is 1.56. The second-order valence-corrected chi connectivity index (χ2v) is 2.41. The quantitative estimate of drug-likeness (QED) is 0.522. The fourth-order valence-corrected chi connectivity index (χ4v) is 0.928. The van der Waals surface area contributed by atoms with Gasteiger partial charge in [0.15, 0.2) is 0 Å². The molecule has 0 unspecified atom stereocenters. The lowest BCUT2D eigenvalue weighted by atomic mass is 10.1. The van der Waals surface area contributed by atoms with Gasteiger partial charge in [-0.15, -0.1) is 0 Å². The van der Waals surface area contributed by atoms with E-state index in [0.29, 0.717) is 0 Å². The summed E-state index contributed by atoms with van der Waals surface area (Å²) in [6.07, 6.45) is 8.57. The van der Waals surface area contributed by atoms with Crippen molar-refractivity contribution in [1.82, 2.24) is 0 Å². The number of hydrogen-bond donors (Lipinski definition) is 0. The molecule has 54 valence electrons. The third-order valence-electron chi connectivity index (χ3n) is 1.68. The van der Waals surface area contributed by atoms with E-state index in [1.165, 1.54) is 0 Å². The summed E-state index contributed by atoms with van der Waals surface area (Å²) in [5, 5.41) is 0. The summed E-state index contributed by atoms with van der Waals surface area (Å²) in [5.74, 6) is 0. The van der Waals surface area contributed by atoms with E-state index in [-0.39, 0.29) is 6.67 Å². The highest BCUT2D eigenvalue weighted by Gasteiger charge is 1.98. The summed E-state index contributed by atoms with van der Waals surface area (Å²) >= 11 is 0. The molecular formula is C9H11F. The van der Waals surface area contributed by atoms with Crippen LogP contribution in [0.15, 0.2) is 35.5 Å². The first-order valence-corrected chi connectivity index (χ1v) is 3.42. The molecule has 0 fully saturated rings. The summed E-state index contributed by atoms with van der Waals surface area (Å²) in [5.41, 5.74) is 1.96. The van der Waals surface area contributed by atoms with Gasteiger partial charge in [0.25, 0.3) is 0 Å². The molecule has 0 aliphatic heterocycles. The van der Waals surface area contributed by atoms with Crippen LogP contribution in [0.25, 0.3) is 0 Å². The average Bonchev–Trinajstić information content (AvgIpc) is 2.13. The Hall–Kier alpha value is -0.850. The summed E-state index contributed by atoms with van der Waals surface area (Å²) < 4.78 is 12.2. The minimum atomic E-state index is -0.319. The van der Waals surface area contributed by atoms with Crippen LogP contribution in [0.1, 0.15) is 13.3 Å². The normalized spacial score (nSPS) is 17.8. The number of rotatable bonds is 1. The molecule has 0 spiro atoms. The van der Waals surface area contributed by atoms with Crippen molar-refractivity contribution in [1.29, 1.82) is 0 Å². The topological polar surface area (TPSA) is 0 Å². The van der Waals surface area contributed by atoms with E-state index in [1.807, 2.05) is 31.2 Å². The maximum absolute atomic E-state index is 12.2. The van der Waals surface area contributed by atoms with Crippen LogP contribution in [0.2, 0.25) is 0 Å².